The normalized spacial score (nSPS) is 15.1. The summed E-state index contributed by atoms with van der Waals surface area (Å²) in [6, 6.07) is 15.4. The number of amides is 1. The predicted molar refractivity (Wildman–Crippen MR) is 150 cm³/mol. The molecule has 7 nitrogen and oxygen atoms in total. The molecule has 1 fully saturated rings. The molecule has 9 heteroatoms. The predicted octanol–water partition coefficient (Wildman–Crippen LogP) is 5.42. The summed E-state index contributed by atoms with van der Waals surface area (Å²) in [6.07, 6.45) is 5.28. The molecular weight excluding hydrogens is 498 g/mol. The fourth-order valence-electron chi connectivity index (χ4n) is 5.41. The maximum absolute atomic E-state index is 14.3. The number of hydrogen-bond acceptors (Lipinski definition) is 5. The number of carbonyl (C=O) groups is 1. The van der Waals surface area contributed by atoms with Crippen LogP contribution < -0.4 is 5.73 Å². The van der Waals surface area contributed by atoms with Crippen LogP contribution >= 0.6 is 0 Å². The van der Waals surface area contributed by atoms with E-state index in [0.717, 1.165) is 55.1 Å². The number of carbonyl (C=O) groups excluding carboxylic acids is 1. The van der Waals surface area contributed by atoms with Gasteiger partial charge >= 0.3 is 0 Å². The first kappa shape index (κ1) is 26.7. The van der Waals surface area contributed by atoms with Gasteiger partial charge in [0.15, 0.2) is 0 Å². The standard InChI is InChI=1S/C30H34F2N6O/c1-30(31,32)19-38-24(16-26-25(10-13-34-28(26)38)23-8-9-27(33)35-17-23)18-37-14-11-21(12-15-37)20-4-6-22(7-5-20)29(39)36(2)3/h4-10,13,16-17,21H,11-12,14-15,18-19H2,1-3H3,(H2,33,35). The molecule has 0 unspecified atom stereocenters. The number of aromatic nitrogens is 3. The van der Waals surface area contributed by atoms with E-state index in [2.05, 4.69) is 27.0 Å². The highest BCUT2D eigenvalue weighted by Crippen LogP contribution is 2.33. The van der Waals surface area contributed by atoms with Gasteiger partial charge < -0.3 is 15.2 Å². The number of fused-ring (bicyclic) bond motifs is 1. The Morgan fingerprint density at radius 3 is 2.41 bits per heavy atom. The molecule has 1 aromatic carbocycles. The molecule has 0 spiro atoms. The zero-order valence-corrected chi connectivity index (χ0v) is 22.6. The van der Waals surface area contributed by atoms with Crippen molar-refractivity contribution in [3.63, 3.8) is 0 Å². The summed E-state index contributed by atoms with van der Waals surface area (Å²) in [7, 11) is 3.50. The lowest BCUT2D eigenvalue weighted by Gasteiger charge is -2.32. The van der Waals surface area contributed by atoms with Gasteiger partial charge in [0, 0.05) is 62.2 Å². The monoisotopic (exact) mass is 532 g/mol. The van der Waals surface area contributed by atoms with E-state index in [1.807, 2.05) is 30.3 Å². The number of benzene rings is 1. The number of hydrogen-bond donors (Lipinski definition) is 1. The minimum absolute atomic E-state index is 0.00489. The molecule has 0 radical (unpaired) electrons. The van der Waals surface area contributed by atoms with Crippen LogP contribution in [0.4, 0.5) is 14.6 Å². The van der Waals surface area contributed by atoms with Crippen molar-refractivity contribution in [3.05, 3.63) is 77.7 Å². The van der Waals surface area contributed by atoms with Crippen LogP contribution in [0.2, 0.25) is 0 Å². The van der Waals surface area contributed by atoms with Gasteiger partial charge in [-0.25, -0.2) is 18.7 Å². The number of anilines is 1. The van der Waals surface area contributed by atoms with Crippen molar-refractivity contribution < 1.29 is 13.6 Å². The summed E-state index contributed by atoms with van der Waals surface area (Å²) >= 11 is 0. The second-order valence-electron chi connectivity index (χ2n) is 10.7. The Hall–Kier alpha value is -3.85. The smallest absolute Gasteiger partial charge is 0.262 e. The van der Waals surface area contributed by atoms with Crippen LogP contribution in [0.3, 0.4) is 0 Å². The number of rotatable bonds is 7. The first-order valence-electron chi connectivity index (χ1n) is 13.2. The first-order valence-corrected chi connectivity index (χ1v) is 13.2. The Kier molecular flexibility index (Phi) is 7.36. The number of nitrogens with two attached hydrogens (primary N) is 1. The van der Waals surface area contributed by atoms with E-state index in [4.69, 9.17) is 5.73 Å². The highest BCUT2D eigenvalue weighted by molar-refractivity contribution is 5.94. The fraction of sp³-hybridized carbons (Fsp3) is 0.367. The van der Waals surface area contributed by atoms with Crippen LogP contribution in [-0.2, 0) is 13.1 Å². The third-order valence-electron chi connectivity index (χ3n) is 7.42. The molecule has 0 saturated carbocycles. The van der Waals surface area contributed by atoms with Gasteiger partial charge in [0.25, 0.3) is 11.8 Å². The Bertz CT molecular complexity index is 1450. The Morgan fingerprint density at radius 1 is 1.08 bits per heavy atom. The maximum Gasteiger partial charge on any atom is 0.262 e. The van der Waals surface area contributed by atoms with E-state index < -0.39 is 12.5 Å². The number of pyridine rings is 2. The van der Waals surface area contributed by atoms with Crippen molar-refractivity contribution in [1.82, 2.24) is 24.3 Å². The van der Waals surface area contributed by atoms with E-state index in [1.54, 1.807) is 42.0 Å². The summed E-state index contributed by atoms with van der Waals surface area (Å²) in [5.41, 5.74) is 10.8. The lowest BCUT2D eigenvalue weighted by molar-refractivity contribution is 0.00371. The van der Waals surface area contributed by atoms with Crippen LogP contribution in [0.15, 0.2) is 60.9 Å². The topological polar surface area (TPSA) is 80.3 Å². The van der Waals surface area contributed by atoms with E-state index in [9.17, 15) is 13.6 Å². The molecule has 1 saturated heterocycles. The molecular formula is C30H34F2N6O. The van der Waals surface area contributed by atoms with E-state index in [-0.39, 0.29) is 5.91 Å². The van der Waals surface area contributed by atoms with Gasteiger partial charge in [0.1, 0.15) is 11.5 Å². The third kappa shape index (κ3) is 5.93. The molecule has 4 heterocycles. The second kappa shape index (κ2) is 10.7. The molecule has 204 valence electrons. The minimum atomic E-state index is -2.88. The van der Waals surface area contributed by atoms with Crippen molar-refractivity contribution >= 4 is 22.8 Å². The van der Waals surface area contributed by atoms with Crippen LogP contribution in [-0.4, -0.2) is 63.3 Å². The first-order chi connectivity index (χ1) is 18.6. The van der Waals surface area contributed by atoms with Crippen molar-refractivity contribution in [2.24, 2.45) is 0 Å². The minimum Gasteiger partial charge on any atom is -0.384 e. The van der Waals surface area contributed by atoms with E-state index >= 15 is 0 Å². The highest BCUT2D eigenvalue weighted by atomic mass is 19.3. The number of halogens is 2. The van der Waals surface area contributed by atoms with Crippen LogP contribution in [0, 0.1) is 0 Å². The van der Waals surface area contributed by atoms with Crippen molar-refractivity contribution in [2.45, 2.75) is 44.7 Å². The molecule has 5 rings (SSSR count). The lowest BCUT2D eigenvalue weighted by Crippen LogP contribution is -2.33. The number of nitrogens with zero attached hydrogens (tertiary/aromatic N) is 5. The largest absolute Gasteiger partial charge is 0.384 e. The van der Waals surface area contributed by atoms with Crippen molar-refractivity contribution in [1.29, 1.82) is 0 Å². The zero-order chi connectivity index (χ0) is 27.7. The van der Waals surface area contributed by atoms with Crippen LogP contribution in [0.25, 0.3) is 22.2 Å². The summed E-state index contributed by atoms with van der Waals surface area (Å²) in [5.74, 6) is -2.06. The molecule has 39 heavy (non-hydrogen) atoms. The summed E-state index contributed by atoms with van der Waals surface area (Å²) in [6.45, 7) is 2.79. The number of alkyl halides is 2. The van der Waals surface area contributed by atoms with E-state index in [0.29, 0.717) is 29.5 Å². The van der Waals surface area contributed by atoms with Gasteiger partial charge in [-0.15, -0.1) is 0 Å². The van der Waals surface area contributed by atoms with Crippen LogP contribution in [0.5, 0.6) is 0 Å². The van der Waals surface area contributed by atoms with Crippen molar-refractivity contribution in [3.8, 4) is 11.1 Å². The number of piperidine rings is 1. The molecule has 1 aliphatic rings. The van der Waals surface area contributed by atoms with Gasteiger partial charge in [0.05, 0.1) is 6.54 Å². The summed E-state index contributed by atoms with van der Waals surface area (Å²) < 4.78 is 30.2. The second-order valence-corrected chi connectivity index (χ2v) is 10.7. The van der Waals surface area contributed by atoms with Gasteiger partial charge in [-0.1, -0.05) is 12.1 Å². The van der Waals surface area contributed by atoms with Gasteiger partial charge in [-0.05, 0) is 79.4 Å². The average molecular weight is 533 g/mol. The zero-order valence-electron chi connectivity index (χ0n) is 22.6. The van der Waals surface area contributed by atoms with Gasteiger partial charge in [0.2, 0.25) is 0 Å². The SMILES string of the molecule is CN(C)C(=O)c1ccc(C2CCN(Cc3cc4c(-c5ccc(N)nc5)ccnc4n3CC(C)(F)F)CC2)cc1. The lowest BCUT2D eigenvalue weighted by atomic mass is 9.89. The molecule has 0 aliphatic carbocycles. The maximum atomic E-state index is 14.3. The Balaban J connectivity index is 1.36. The van der Waals surface area contributed by atoms with Crippen LogP contribution in [0.1, 0.15) is 47.3 Å². The number of likely N-dealkylation sites (tertiary alicyclic amines) is 1. The molecule has 2 N–H and O–H groups in total. The molecule has 0 bridgehead atoms. The summed E-state index contributed by atoms with van der Waals surface area (Å²) in [5, 5.41) is 0.825. The molecule has 1 amide bonds. The van der Waals surface area contributed by atoms with E-state index in [1.165, 1.54) is 5.56 Å². The van der Waals surface area contributed by atoms with Gasteiger partial charge in [-0.2, -0.15) is 0 Å². The third-order valence-corrected chi connectivity index (χ3v) is 7.42. The molecule has 0 atom stereocenters. The fourth-order valence-corrected chi connectivity index (χ4v) is 5.41. The molecule has 4 aromatic rings. The Morgan fingerprint density at radius 2 is 1.79 bits per heavy atom. The molecule has 1 aliphatic heterocycles. The Labute approximate surface area is 227 Å². The van der Waals surface area contributed by atoms with Crippen molar-refractivity contribution in [2.75, 3.05) is 32.9 Å². The quantitative estimate of drug-likeness (QED) is 0.344. The van der Waals surface area contributed by atoms with Gasteiger partial charge in [-0.3, -0.25) is 9.69 Å². The highest BCUT2D eigenvalue weighted by Gasteiger charge is 2.27. The number of nitrogen functional groups attached to an aromatic ring is 1. The molecule has 3 aromatic heterocycles. The average Bonchev–Trinajstić information content (AvgIpc) is 3.24. The summed E-state index contributed by atoms with van der Waals surface area (Å²) in [4.78, 5) is 24.8.